The first-order valence-corrected chi connectivity index (χ1v) is 7.89. The number of carbonyl (C=O) groups is 1. The molecule has 0 aliphatic heterocycles. The topological polar surface area (TPSA) is 108 Å². The zero-order chi connectivity index (χ0) is 17.3. The molecule has 9 heteroatoms. The lowest BCUT2D eigenvalue weighted by molar-refractivity contribution is 0.0950. The third kappa shape index (κ3) is 3.97. The summed E-state index contributed by atoms with van der Waals surface area (Å²) in [5.41, 5.74) is 1.29. The average molecular weight is 426 g/mol. The normalized spacial score (nSPS) is 10.3. The molecule has 130 valence electrons. The molecule has 3 aromatic rings. The first kappa shape index (κ1) is 18.9. The van der Waals surface area contributed by atoms with Gasteiger partial charge in [-0.2, -0.15) is 0 Å². The van der Waals surface area contributed by atoms with Gasteiger partial charge in [0.05, 0.1) is 16.6 Å². The Bertz CT molecular complexity index is 1060. The summed E-state index contributed by atoms with van der Waals surface area (Å²) in [6.45, 7) is 1.94. The van der Waals surface area contributed by atoms with Crippen LogP contribution < -0.4 is 16.4 Å². The van der Waals surface area contributed by atoms with E-state index in [4.69, 9.17) is 0 Å². The Morgan fingerprint density at radius 2 is 1.96 bits per heavy atom. The molecule has 0 spiro atoms. The van der Waals surface area contributed by atoms with Crippen LogP contribution in [0.25, 0.3) is 11.0 Å². The van der Waals surface area contributed by atoms with Gasteiger partial charge in [-0.25, -0.2) is 0 Å². The fraction of sp³-hybridized carbons (Fsp3) is 0.125. The summed E-state index contributed by atoms with van der Waals surface area (Å²) < 4.78 is 0.722. The molecule has 25 heavy (non-hydrogen) atoms. The fourth-order valence-electron chi connectivity index (χ4n) is 2.39. The highest BCUT2D eigenvalue weighted by atomic mass is 79.9. The molecule has 3 N–H and O–H groups in total. The number of aromatic amines is 2. The minimum absolute atomic E-state index is 0. The van der Waals surface area contributed by atoms with Crippen LogP contribution in [0.15, 0.2) is 44.5 Å². The molecule has 0 saturated carbocycles. The van der Waals surface area contributed by atoms with E-state index in [0.717, 1.165) is 4.47 Å². The molecular weight excluding hydrogens is 412 g/mol. The molecule has 7 nitrogen and oxygen atoms in total. The summed E-state index contributed by atoms with van der Waals surface area (Å²) in [7, 11) is 0. The molecule has 0 saturated heterocycles. The van der Waals surface area contributed by atoms with Crippen molar-refractivity contribution in [3.63, 3.8) is 0 Å². The van der Waals surface area contributed by atoms with Gasteiger partial charge in [0.15, 0.2) is 0 Å². The fourth-order valence-corrected chi connectivity index (χ4v) is 2.90. The standard InChI is InChI=1S/C16H13BrN4O3.ClH/c1-8-11(3-2-4-18-8)14(22)19-7-9-5-10(17)6-12-13(9)21-16(24)15(23)20-12;/h2-6H,7H2,1H3,(H,19,22)(H,20,23)(H,21,24);1H. The lowest BCUT2D eigenvalue weighted by atomic mass is 10.1. The predicted octanol–water partition coefficient (Wildman–Crippen LogP) is 2.03. The van der Waals surface area contributed by atoms with Crippen LogP contribution in [-0.4, -0.2) is 20.9 Å². The van der Waals surface area contributed by atoms with E-state index in [-0.39, 0.29) is 24.9 Å². The van der Waals surface area contributed by atoms with Gasteiger partial charge in [-0.1, -0.05) is 15.9 Å². The summed E-state index contributed by atoms with van der Waals surface area (Å²) >= 11 is 3.35. The van der Waals surface area contributed by atoms with Crippen molar-refractivity contribution in [1.82, 2.24) is 20.3 Å². The van der Waals surface area contributed by atoms with E-state index in [1.807, 2.05) is 0 Å². The second kappa shape index (κ2) is 7.62. The molecule has 0 unspecified atom stereocenters. The van der Waals surface area contributed by atoms with E-state index in [2.05, 4.69) is 36.2 Å². The maximum Gasteiger partial charge on any atom is 0.314 e. The molecule has 2 aromatic heterocycles. The van der Waals surface area contributed by atoms with Crippen LogP contribution in [0.4, 0.5) is 0 Å². The Labute approximate surface area is 156 Å². The first-order valence-electron chi connectivity index (χ1n) is 7.10. The van der Waals surface area contributed by atoms with Gasteiger partial charge in [-0.05, 0) is 36.8 Å². The number of benzene rings is 1. The van der Waals surface area contributed by atoms with Crippen LogP contribution in [-0.2, 0) is 6.54 Å². The Balaban J connectivity index is 0.00000225. The number of carbonyl (C=O) groups excluding carboxylic acids is 1. The molecular formula is C16H14BrClN4O3. The molecule has 2 heterocycles. The number of nitrogens with zero attached hydrogens (tertiary/aromatic N) is 1. The number of hydrogen-bond donors (Lipinski definition) is 3. The molecule has 1 aromatic carbocycles. The number of H-pyrrole nitrogens is 2. The number of aryl methyl sites for hydroxylation is 1. The number of amides is 1. The van der Waals surface area contributed by atoms with Crippen LogP contribution in [0, 0.1) is 6.92 Å². The summed E-state index contributed by atoms with van der Waals surface area (Å²) in [6.07, 6.45) is 1.62. The van der Waals surface area contributed by atoms with Crippen molar-refractivity contribution in [2.24, 2.45) is 0 Å². The van der Waals surface area contributed by atoms with Crippen molar-refractivity contribution in [2.45, 2.75) is 13.5 Å². The molecule has 0 fully saturated rings. The smallest absolute Gasteiger partial charge is 0.314 e. The van der Waals surface area contributed by atoms with E-state index >= 15 is 0 Å². The van der Waals surface area contributed by atoms with Gasteiger partial charge in [0.1, 0.15) is 0 Å². The van der Waals surface area contributed by atoms with Crippen molar-refractivity contribution in [3.8, 4) is 0 Å². The summed E-state index contributed by atoms with van der Waals surface area (Å²) in [4.78, 5) is 44.5. The number of rotatable bonds is 3. The van der Waals surface area contributed by atoms with Gasteiger partial charge in [0, 0.05) is 22.9 Å². The van der Waals surface area contributed by atoms with Crippen LogP contribution in [0.1, 0.15) is 21.6 Å². The minimum Gasteiger partial charge on any atom is -0.348 e. The number of aromatic nitrogens is 3. The third-order valence-corrected chi connectivity index (χ3v) is 4.03. The van der Waals surface area contributed by atoms with E-state index < -0.39 is 11.1 Å². The number of hydrogen-bond acceptors (Lipinski definition) is 4. The maximum absolute atomic E-state index is 12.3. The molecule has 0 atom stereocenters. The number of halogens is 2. The van der Waals surface area contributed by atoms with Crippen molar-refractivity contribution in [3.05, 3.63) is 72.5 Å². The third-order valence-electron chi connectivity index (χ3n) is 3.57. The molecule has 1 amide bonds. The molecule has 0 aliphatic rings. The van der Waals surface area contributed by atoms with Crippen molar-refractivity contribution < 1.29 is 4.79 Å². The molecule has 0 aliphatic carbocycles. The average Bonchev–Trinajstić information content (AvgIpc) is 2.54. The Kier molecular flexibility index (Phi) is 5.76. The van der Waals surface area contributed by atoms with E-state index in [9.17, 15) is 14.4 Å². The Morgan fingerprint density at radius 1 is 1.24 bits per heavy atom. The summed E-state index contributed by atoms with van der Waals surface area (Å²) in [5, 5.41) is 2.80. The van der Waals surface area contributed by atoms with Crippen LogP contribution in [0.3, 0.4) is 0 Å². The lowest BCUT2D eigenvalue weighted by Gasteiger charge is -2.10. The highest BCUT2D eigenvalue weighted by Gasteiger charge is 2.11. The molecule has 3 rings (SSSR count). The van der Waals surface area contributed by atoms with Gasteiger partial charge >= 0.3 is 11.1 Å². The largest absolute Gasteiger partial charge is 0.348 e. The van der Waals surface area contributed by atoms with Gasteiger partial charge in [0.25, 0.3) is 5.91 Å². The zero-order valence-corrected chi connectivity index (χ0v) is 15.5. The van der Waals surface area contributed by atoms with Crippen molar-refractivity contribution in [2.75, 3.05) is 0 Å². The monoisotopic (exact) mass is 424 g/mol. The van der Waals surface area contributed by atoms with Crippen LogP contribution in [0.2, 0.25) is 0 Å². The van der Waals surface area contributed by atoms with Gasteiger partial charge < -0.3 is 15.3 Å². The van der Waals surface area contributed by atoms with Crippen LogP contribution >= 0.6 is 28.3 Å². The van der Waals surface area contributed by atoms with Gasteiger partial charge in [-0.3, -0.25) is 19.4 Å². The van der Waals surface area contributed by atoms with Crippen molar-refractivity contribution in [1.29, 1.82) is 0 Å². The number of fused-ring (bicyclic) bond motifs is 1. The van der Waals surface area contributed by atoms with E-state index in [1.165, 1.54) is 0 Å². The van der Waals surface area contributed by atoms with Crippen molar-refractivity contribution >= 4 is 45.3 Å². The number of pyridine rings is 1. The van der Waals surface area contributed by atoms with Gasteiger partial charge in [0.2, 0.25) is 0 Å². The zero-order valence-electron chi connectivity index (χ0n) is 13.1. The van der Waals surface area contributed by atoms with E-state index in [0.29, 0.717) is 27.9 Å². The SMILES string of the molecule is Cc1ncccc1C(=O)NCc1cc(Br)cc2[nH]c(=O)c(=O)[nH]c12.Cl. The Morgan fingerprint density at radius 3 is 2.68 bits per heavy atom. The van der Waals surface area contributed by atoms with Gasteiger partial charge in [-0.15, -0.1) is 12.4 Å². The first-order chi connectivity index (χ1) is 11.5. The predicted molar refractivity (Wildman–Crippen MR) is 100 cm³/mol. The molecule has 0 radical (unpaired) electrons. The number of nitrogens with one attached hydrogen (secondary N) is 3. The quantitative estimate of drug-likeness (QED) is 0.558. The minimum atomic E-state index is -0.736. The molecule has 0 bridgehead atoms. The maximum atomic E-state index is 12.3. The van der Waals surface area contributed by atoms with E-state index in [1.54, 1.807) is 37.4 Å². The highest BCUT2D eigenvalue weighted by Crippen LogP contribution is 2.20. The van der Waals surface area contributed by atoms with Crippen LogP contribution in [0.5, 0.6) is 0 Å². The summed E-state index contributed by atoms with van der Waals surface area (Å²) in [6, 6.07) is 6.84. The second-order valence-corrected chi connectivity index (χ2v) is 6.13. The summed E-state index contributed by atoms with van der Waals surface area (Å²) in [5.74, 6) is -0.263. The Hall–Kier alpha value is -2.45. The lowest BCUT2D eigenvalue weighted by Crippen LogP contribution is -2.30. The highest BCUT2D eigenvalue weighted by molar-refractivity contribution is 9.10. The second-order valence-electron chi connectivity index (χ2n) is 5.21.